The molecule has 0 spiro atoms. The van der Waals surface area contributed by atoms with E-state index in [1.807, 2.05) is 18.2 Å². The van der Waals surface area contributed by atoms with Gasteiger partial charge in [0.2, 0.25) is 0 Å². The fourth-order valence-corrected chi connectivity index (χ4v) is 3.79. The number of carboxylic acid groups (broad SMARTS) is 2. The van der Waals surface area contributed by atoms with Crippen molar-refractivity contribution in [2.75, 3.05) is 44.3 Å². The molecule has 14 nitrogen and oxygen atoms in total. The summed E-state index contributed by atoms with van der Waals surface area (Å²) in [5.74, 6) is -3.84. The highest BCUT2D eigenvalue weighted by atomic mass is 16.5. The molecule has 2 heterocycles. The summed E-state index contributed by atoms with van der Waals surface area (Å²) >= 11 is 0. The van der Waals surface area contributed by atoms with Crippen molar-refractivity contribution in [3.8, 4) is 0 Å². The van der Waals surface area contributed by atoms with Gasteiger partial charge < -0.3 is 46.3 Å². The van der Waals surface area contributed by atoms with Crippen LogP contribution in [0.15, 0.2) is 29.3 Å². The Morgan fingerprint density at radius 2 is 1.61 bits per heavy atom. The second-order valence-electron chi connectivity index (χ2n) is 8.19. The van der Waals surface area contributed by atoms with E-state index in [1.54, 1.807) is 0 Å². The van der Waals surface area contributed by atoms with Crippen LogP contribution in [-0.2, 0) is 25.7 Å². The van der Waals surface area contributed by atoms with Crippen LogP contribution in [0.1, 0.15) is 18.4 Å². The van der Waals surface area contributed by atoms with Gasteiger partial charge in [-0.3, -0.25) is 4.90 Å². The molecule has 14 heteroatoms. The molecule has 0 aliphatic carbocycles. The fourth-order valence-electron chi connectivity index (χ4n) is 3.79. The highest BCUT2D eigenvalue weighted by Gasteiger charge is 2.29. The van der Waals surface area contributed by atoms with Gasteiger partial charge >= 0.3 is 18.0 Å². The second kappa shape index (κ2) is 14.2. The number of hydrogen-bond acceptors (Lipinski definition) is 9. The summed E-state index contributed by atoms with van der Waals surface area (Å²) in [4.78, 5) is 39.2. The van der Waals surface area contributed by atoms with E-state index in [0.29, 0.717) is 6.04 Å². The van der Waals surface area contributed by atoms with Crippen LogP contribution in [0.3, 0.4) is 0 Å². The fraction of sp³-hybridized carbons (Fsp3) is 0.545. The number of anilines is 1. The van der Waals surface area contributed by atoms with Crippen molar-refractivity contribution in [1.82, 2.24) is 4.90 Å². The quantitative estimate of drug-likeness (QED) is 0.187. The molecule has 1 aromatic carbocycles. The van der Waals surface area contributed by atoms with Crippen molar-refractivity contribution in [1.29, 1.82) is 0 Å². The summed E-state index contributed by atoms with van der Waals surface area (Å²) in [5, 5.41) is 32.5. The van der Waals surface area contributed by atoms with Gasteiger partial charge in [-0.1, -0.05) is 12.1 Å². The third-order valence-corrected chi connectivity index (χ3v) is 5.68. The molecular formula is C22H33N5O9. The molecular weight excluding hydrogens is 478 g/mol. The minimum absolute atomic E-state index is 0.144. The van der Waals surface area contributed by atoms with Gasteiger partial charge in [0.05, 0.1) is 0 Å². The lowest BCUT2D eigenvalue weighted by atomic mass is 10.1. The molecule has 1 aromatic rings. The number of amides is 1. The monoisotopic (exact) mass is 511 g/mol. The van der Waals surface area contributed by atoms with Gasteiger partial charge in [0.15, 0.2) is 18.2 Å². The van der Waals surface area contributed by atoms with Crippen molar-refractivity contribution < 1.29 is 44.3 Å². The predicted octanol–water partition coefficient (Wildman–Crippen LogP) is -1.22. The van der Waals surface area contributed by atoms with Crippen molar-refractivity contribution >= 4 is 29.7 Å². The zero-order valence-electron chi connectivity index (χ0n) is 19.7. The summed E-state index contributed by atoms with van der Waals surface area (Å²) in [6.07, 6.45) is -3.04. The highest BCUT2D eigenvalue weighted by molar-refractivity contribution is 5.87. The van der Waals surface area contributed by atoms with Gasteiger partial charge in [0.1, 0.15) is 6.61 Å². The van der Waals surface area contributed by atoms with Gasteiger partial charge in [-0.2, -0.15) is 0 Å². The Morgan fingerprint density at radius 1 is 1.03 bits per heavy atom. The molecule has 1 amide bonds. The standard InChI is InChI=1S/C18H27N5O3.C4H6O6/c19-17(20)21-18(24)26-13-14-2-1-3-16(12-14)23-8-6-22(7-9-23)15-4-10-25-11-5-15;5-1(3(7)8)2(6)4(9)10/h1-3,12,15H,4-11,13H2,(H4,19,20,21,24);1-2,5-6H,(H,7,8)(H,9,10)/t;1-,2-/m.1/s1. The lowest BCUT2D eigenvalue weighted by Crippen LogP contribution is -2.51. The number of aliphatic carboxylic acids is 2. The van der Waals surface area contributed by atoms with Crippen LogP contribution in [0, 0.1) is 0 Å². The molecule has 0 radical (unpaired) electrons. The Balaban J connectivity index is 0.000000388. The van der Waals surface area contributed by atoms with Crippen LogP contribution >= 0.6 is 0 Å². The van der Waals surface area contributed by atoms with Gasteiger partial charge in [0, 0.05) is 51.1 Å². The van der Waals surface area contributed by atoms with E-state index >= 15 is 0 Å². The summed E-state index contributed by atoms with van der Waals surface area (Å²) in [6.45, 7) is 6.02. The van der Waals surface area contributed by atoms with Crippen LogP contribution in [0.2, 0.25) is 0 Å². The first-order chi connectivity index (χ1) is 17.1. The molecule has 36 heavy (non-hydrogen) atoms. The smallest absolute Gasteiger partial charge is 0.437 e. The van der Waals surface area contributed by atoms with Crippen molar-refractivity contribution in [2.45, 2.75) is 37.7 Å². The molecule has 3 rings (SSSR count). The van der Waals surface area contributed by atoms with E-state index in [0.717, 1.165) is 63.5 Å². The third kappa shape index (κ3) is 9.30. The maximum atomic E-state index is 11.4. The summed E-state index contributed by atoms with van der Waals surface area (Å²) < 4.78 is 10.5. The normalized spacial score (nSPS) is 18.2. The first-order valence-electron chi connectivity index (χ1n) is 11.3. The Bertz CT molecular complexity index is 893. The van der Waals surface area contributed by atoms with Crippen LogP contribution < -0.4 is 16.4 Å². The number of guanidine groups is 1. The van der Waals surface area contributed by atoms with Crippen LogP contribution in [0.5, 0.6) is 0 Å². The molecule has 200 valence electrons. The number of carboxylic acids is 2. The largest absolute Gasteiger partial charge is 0.479 e. The summed E-state index contributed by atoms with van der Waals surface area (Å²) in [6, 6.07) is 8.69. The lowest BCUT2D eigenvalue weighted by Gasteiger charge is -2.41. The molecule has 0 aromatic heterocycles. The highest BCUT2D eigenvalue weighted by Crippen LogP contribution is 2.22. The number of nitrogens with two attached hydrogens (primary N) is 2. The van der Waals surface area contributed by atoms with E-state index in [-0.39, 0.29) is 12.6 Å². The molecule has 0 saturated carbocycles. The number of carbonyl (C=O) groups is 3. The van der Waals surface area contributed by atoms with Gasteiger partial charge in [0.25, 0.3) is 0 Å². The zero-order chi connectivity index (χ0) is 26.7. The maximum Gasteiger partial charge on any atom is 0.437 e. The predicted molar refractivity (Wildman–Crippen MR) is 127 cm³/mol. The zero-order valence-corrected chi connectivity index (χ0v) is 19.7. The Kier molecular flexibility index (Phi) is 11.3. The maximum absolute atomic E-state index is 11.4. The third-order valence-electron chi connectivity index (χ3n) is 5.68. The van der Waals surface area contributed by atoms with Crippen molar-refractivity contribution in [3.05, 3.63) is 29.8 Å². The summed E-state index contributed by atoms with van der Waals surface area (Å²) in [7, 11) is 0. The molecule has 0 unspecified atom stereocenters. The summed E-state index contributed by atoms with van der Waals surface area (Å²) in [5.41, 5.74) is 12.4. The van der Waals surface area contributed by atoms with Gasteiger partial charge in [-0.05, 0) is 30.5 Å². The van der Waals surface area contributed by atoms with E-state index in [9.17, 15) is 14.4 Å². The number of carbonyl (C=O) groups excluding carboxylic acids is 1. The number of nitrogens with zero attached hydrogens (tertiary/aromatic N) is 3. The van der Waals surface area contributed by atoms with Crippen LogP contribution in [-0.4, -0.2) is 107 Å². The molecule has 2 atom stereocenters. The van der Waals surface area contributed by atoms with Crippen LogP contribution in [0.25, 0.3) is 0 Å². The molecule has 2 saturated heterocycles. The molecule has 0 bridgehead atoms. The molecule has 8 N–H and O–H groups in total. The number of ether oxygens (including phenoxy) is 2. The first-order valence-corrected chi connectivity index (χ1v) is 11.3. The van der Waals surface area contributed by atoms with Gasteiger partial charge in [-0.15, -0.1) is 4.99 Å². The number of piperazine rings is 1. The minimum Gasteiger partial charge on any atom is -0.479 e. The Hall–Kier alpha value is -3.46. The average Bonchev–Trinajstić information content (AvgIpc) is 2.87. The molecule has 2 fully saturated rings. The first kappa shape index (κ1) is 28.8. The number of rotatable bonds is 7. The van der Waals surface area contributed by atoms with E-state index in [2.05, 4.69) is 20.9 Å². The Morgan fingerprint density at radius 3 is 2.14 bits per heavy atom. The minimum atomic E-state index is -2.27. The molecule has 2 aliphatic rings. The lowest BCUT2D eigenvalue weighted by molar-refractivity contribution is -0.165. The van der Waals surface area contributed by atoms with Crippen molar-refractivity contribution in [3.63, 3.8) is 0 Å². The van der Waals surface area contributed by atoms with E-state index in [4.69, 9.17) is 41.4 Å². The number of benzene rings is 1. The second-order valence-corrected chi connectivity index (χ2v) is 8.19. The average molecular weight is 512 g/mol. The Labute approximate surface area is 207 Å². The number of hydrogen-bond donors (Lipinski definition) is 6. The SMILES string of the molecule is NC(N)=NC(=O)OCc1cccc(N2CCN(C3CCOCC3)CC2)c1.O=C(O)[C@H](O)[C@@H](O)C(=O)O. The number of aliphatic hydroxyl groups is 2. The number of aliphatic imine (C=N–C) groups is 1. The number of aliphatic hydroxyl groups excluding tert-OH is 2. The van der Waals surface area contributed by atoms with Gasteiger partial charge in [-0.25, -0.2) is 14.4 Å². The van der Waals surface area contributed by atoms with E-state index < -0.39 is 30.2 Å². The van der Waals surface area contributed by atoms with E-state index in [1.165, 1.54) is 0 Å². The topological polar surface area (TPSA) is 221 Å². The molecule has 2 aliphatic heterocycles. The van der Waals surface area contributed by atoms with Crippen molar-refractivity contribution in [2.24, 2.45) is 16.5 Å². The van der Waals surface area contributed by atoms with Crippen LogP contribution in [0.4, 0.5) is 10.5 Å².